The third kappa shape index (κ3) is 2.64. The number of nitrogens with zero attached hydrogens (tertiary/aromatic N) is 2. The zero-order chi connectivity index (χ0) is 14.4. The zero-order valence-corrected chi connectivity index (χ0v) is 12.3. The van der Waals surface area contributed by atoms with E-state index < -0.39 is 12.2 Å². The topological polar surface area (TPSA) is 78.3 Å². The van der Waals surface area contributed by atoms with Gasteiger partial charge in [-0.05, 0) is 51.4 Å². The van der Waals surface area contributed by atoms with Crippen LogP contribution in [0.4, 0.5) is 5.82 Å². The van der Waals surface area contributed by atoms with Crippen molar-refractivity contribution in [2.45, 2.75) is 75.5 Å². The number of rotatable bonds is 3. The summed E-state index contributed by atoms with van der Waals surface area (Å²) in [6.45, 7) is 0. The maximum atomic E-state index is 9.85. The molecule has 2 saturated carbocycles. The molecule has 0 bridgehead atoms. The van der Waals surface area contributed by atoms with E-state index in [2.05, 4.69) is 5.32 Å². The van der Waals surface area contributed by atoms with E-state index in [9.17, 15) is 10.2 Å². The molecule has 1 aromatic heterocycles. The Morgan fingerprint density at radius 3 is 2.57 bits per heavy atom. The van der Waals surface area contributed by atoms with Crippen LogP contribution >= 0.6 is 0 Å². The van der Waals surface area contributed by atoms with Gasteiger partial charge in [-0.15, -0.1) is 0 Å². The third-order valence-corrected chi connectivity index (χ3v) is 5.01. The number of nitrogens with one attached hydrogen (secondary N) is 1. The molecule has 3 atom stereocenters. The molecular weight excluding hydrogens is 266 g/mol. The Hall–Kier alpha value is -1.20. The number of hydrogen-bond donors (Lipinski definition) is 3. The molecule has 0 aliphatic heterocycles. The fourth-order valence-electron chi connectivity index (χ4n) is 3.55. The SMILES string of the molecule is O[C@@H]1CCC(Nc2nc(C3CC3)nc3c2CCC3)C[C@@H]1O. The monoisotopic (exact) mass is 289 g/mol. The number of anilines is 1. The van der Waals surface area contributed by atoms with Crippen LogP contribution in [0.15, 0.2) is 0 Å². The first-order valence-corrected chi connectivity index (χ1v) is 8.23. The highest BCUT2D eigenvalue weighted by Crippen LogP contribution is 2.40. The lowest BCUT2D eigenvalue weighted by Gasteiger charge is -2.31. The van der Waals surface area contributed by atoms with Crippen LogP contribution in [0.5, 0.6) is 0 Å². The first kappa shape index (κ1) is 13.5. The van der Waals surface area contributed by atoms with Crippen LogP contribution in [0.3, 0.4) is 0 Å². The summed E-state index contributed by atoms with van der Waals surface area (Å²) >= 11 is 0. The van der Waals surface area contributed by atoms with Gasteiger partial charge in [-0.3, -0.25) is 0 Å². The van der Waals surface area contributed by atoms with Gasteiger partial charge in [0.05, 0.1) is 12.2 Å². The largest absolute Gasteiger partial charge is 0.390 e. The molecular formula is C16H23N3O2. The second kappa shape index (κ2) is 5.21. The minimum atomic E-state index is -0.617. The number of fused-ring (bicyclic) bond motifs is 1. The third-order valence-electron chi connectivity index (χ3n) is 5.01. The average molecular weight is 289 g/mol. The number of hydrogen-bond acceptors (Lipinski definition) is 5. The van der Waals surface area contributed by atoms with Crippen molar-refractivity contribution in [2.24, 2.45) is 0 Å². The highest BCUT2D eigenvalue weighted by molar-refractivity contribution is 5.50. The summed E-state index contributed by atoms with van der Waals surface area (Å²) in [5.74, 6) is 2.57. The van der Waals surface area contributed by atoms with Gasteiger partial charge in [0.1, 0.15) is 11.6 Å². The molecule has 5 nitrogen and oxygen atoms in total. The molecule has 5 heteroatoms. The number of aliphatic hydroxyl groups is 2. The summed E-state index contributed by atoms with van der Waals surface area (Å²) in [5.41, 5.74) is 2.51. The van der Waals surface area contributed by atoms with Gasteiger partial charge in [-0.2, -0.15) is 0 Å². The van der Waals surface area contributed by atoms with Crippen molar-refractivity contribution >= 4 is 5.82 Å². The quantitative estimate of drug-likeness (QED) is 0.786. The Bertz CT molecular complexity index is 545. The Morgan fingerprint density at radius 1 is 0.952 bits per heavy atom. The minimum absolute atomic E-state index is 0.204. The van der Waals surface area contributed by atoms with Crippen LogP contribution in [-0.2, 0) is 12.8 Å². The van der Waals surface area contributed by atoms with Crippen LogP contribution in [0.2, 0.25) is 0 Å². The summed E-state index contributed by atoms with van der Waals surface area (Å²) < 4.78 is 0. The van der Waals surface area contributed by atoms with Gasteiger partial charge in [-0.25, -0.2) is 9.97 Å². The highest BCUT2D eigenvalue weighted by Gasteiger charge is 2.32. The summed E-state index contributed by atoms with van der Waals surface area (Å²) in [4.78, 5) is 9.53. The fraction of sp³-hybridized carbons (Fsp3) is 0.750. The van der Waals surface area contributed by atoms with Gasteiger partial charge in [0.25, 0.3) is 0 Å². The van der Waals surface area contributed by atoms with Crippen molar-refractivity contribution in [1.29, 1.82) is 0 Å². The standard InChI is InChI=1S/C16H23N3O2/c20-13-7-6-10(8-14(13)21)17-16-11-2-1-3-12(11)18-15(19-16)9-4-5-9/h9-10,13-14,20-21H,1-8H2,(H,17,18,19)/t10?,13-,14+/m1/s1. The minimum Gasteiger partial charge on any atom is -0.390 e. The van der Waals surface area contributed by atoms with Gasteiger partial charge in [0, 0.05) is 23.2 Å². The number of aliphatic hydroxyl groups excluding tert-OH is 2. The first-order chi connectivity index (χ1) is 10.2. The van der Waals surface area contributed by atoms with E-state index in [1.54, 1.807) is 0 Å². The molecule has 0 aromatic carbocycles. The first-order valence-electron chi connectivity index (χ1n) is 8.23. The molecule has 1 aromatic rings. The van der Waals surface area contributed by atoms with Crippen molar-refractivity contribution in [3.63, 3.8) is 0 Å². The molecule has 3 aliphatic carbocycles. The van der Waals surface area contributed by atoms with E-state index in [-0.39, 0.29) is 6.04 Å². The molecule has 1 unspecified atom stereocenters. The van der Waals surface area contributed by atoms with Crippen molar-refractivity contribution in [1.82, 2.24) is 9.97 Å². The van der Waals surface area contributed by atoms with E-state index in [1.807, 2.05) is 0 Å². The van der Waals surface area contributed by atoms with Gasteiger partial charge in [-0.1, -0.05) is 0 Å². The molecule has 3 aliphatic rings. The lowest BCUT2D eigenvalue weighted by atomic mass is 9.90. The van der Waals surface area contributed by atoms with Crippen LogP contribution in [-0.4, -0.2) is 38.4 Å². The van der Waals surface area contributed by atoms with Gasteiger partial charge in [0.15, 0.2) is 0 Å². The van der Waals surface area contributed by atoms with Crippen LogP contribution < -0.4 is 5.32 Å². The average Bonchev–Trinajstić information content (AvgIpc) is 3.21. The number of aryl methyl sites for hydroxylation is 1. The van der Waals surface area contributed by atoms with Crippen molar-refractivity contribution in [3.05, 3.63) is 17.1 Å². The molecule has 0 spiro atoms. The molecule has 0 amide bonds. The molecule has 114 valence electrons. The van der Waals surface area contributed by atoms with Crippen LogP contribution in [0.25, 0.3) is 0 Å². The molecule has 0 saturated heterocycles. The normalized spacial score (nSPS) is 32.0. The molecule has 21 heavy (non-hydrogen) atoms. The second-order valence-electron chi connectivity index (χ2n) is 6.77. The van der Waals surface area contributed by atoms with Gasteiger partial charge >= 0.3 is 0 Å². The Labute approximate surface area is 124 Å². The van der Waals surface area contributed by atoms with Crippen LogP contribution in [0.1, 0.15) is 61.5 Å². The molecule has 3 N–H and O–H groups in total. The van der Waals surface area contributed by atoms with Crippen molar-refractivity contribution < 1.29 is 10.2 Å². The van der Waals surface area contributed by atoms with Crippen molar-refractivity contribution in [2.75, 3.05) is 5.32 Å². The Balaban J connectivity index is 1.56. The van der Waals surface area contributed by atoms with E-state index in [4.69, 9.17) is 9.97 Å². The molecule has 4 rings (SSSR count). The smallest absolute Gasteiger partial charge is 0.134 e. The van der Waals surface area contributed by atoms with Gasteiger partial charge < -0.3 is 15.5 Å². The molecule has 0 radical (unpaired) electrons. The molecule has 1 heterocycles. The maximum Gasteiger partial charge on any atom is 0.134 e. The summed E-state index contributed by atoms with van der Waals surface area (Å²) in [7, 11) is 0. The lowest BCUT2D eigenvalue weighted by Crippen LogP contribution is -2.39. The molecule has 2 fully saturated rings. The predicted octanol–water partition coefficient (Wildman–Crippen LogP) is 1.53. The zero-order valence-electron chi connectivity index (χ0n) is 12.3. The predicted molar refractivity (Wildman–Crippen MR) is 79.3 cm³/mol. The van der Waals surface area contributed by atoms with Gasteiger partial charge in [0.2, 0.25) is 0 Å². The Morgan fingerprint density at radius 2 is 1.81 bits per heavy atom. The van der Waals surface area contributed by atoms with Crippen LogP contribution in [0, 0.1) is 0 Å². The Kier molecular flexibility index (Phi) is 3.34. The van der Waals surface area contributed by atoms with Crippen molar-refractivity contribution in [3.8, 4) is 0 Å². The highest BCUT2D eigenvalue weighted by atomic mass is 16.3. The lowest BCUT2D eigenvalue weighted by molar-refractivity contribution is -0.0120. The second-order valence-corrected chi connectivity index (χ2v) is 6.77. The summed E-state index contributed by atoms with van der Waals surface area (Å²) in [6.07, 6.45) is 6.67. The van der Waals surface area contributed by atoms with E-state index in [1.165, 1.54) is 30.5 Å². The maximum absolute atomic E-state index is 9.85. The summed E-state index contributed by atoms with van der Waals surface area (Å²) in [6, 6.07) is 0.204. The van der Waals surface area contributed by atoms with E-state index in [0.717, 1.165) is 30.9 Å². The number of aromatic nitrogens is 2. The summed E-state index contributed by atoms with van der Waals surface area (Å²) in [5, 5.41) is 23.0. The van der Waals surface area contributed by atoms with E-state index in [0.29, 0.717) is 18.8 Å². The van der Waals surface area contributed by atoms with E-state index >= 15 is 0 Å². The fourth-order valence-corrected chi connectivity index (χ4v) is 3.55.